The van der Waals surface area contributed by atoms with Crippen molar-refractivity contribution in [3.05, 3.63) is 0 Å². The van der Waals surface area contributed by atoms with Crippen LogP contribution in [0.25, 0.3) is 0 Å². The maximum Gasteiger partial charge on any atom is 0.202 e. The minimum atomic E-state index is -1.03. The van der Waals surface area contributed by atoms with Gasteiger partial charge in [-0.2, -0.15) is 10.2 Å². The molecule has 0 bridgehead atoms. The molecule has 2 nitrogen and oxygen atoms in total. The minimum absolute atomic E-state index is 0.542. The van der Waals surface area contributed by atoms with Gasteiger partial charge in [-0.3, -0.25) is 0 Å². The molecule has 0 aliphatic heterocycles. The van der Waals surface area contributed by atoms with E-state index < -0.39 is 10.2 Å². The molecule has 0 heterocycles. The molecule has 6 heteroatoms. The molecule has 0 aromatic heterocycles. The topological polar surface area (TPSA) is 18.5 Å². The zero-order chi connectivity index (χ0) is 8.04. The molecular formula is C4H14BO2P2S. The Kier molecular flexibility index (Phi) is 6.49. The first-order chi connectivity index (χ1) is 4.68. The largest absolute Gasteiger partial charge is 0.356 e. The Hall–Kier alpha value is 1.19. The van der Waals surface area contributed by atoms with Gasteiger partial charge < -0.3 is 8.49 Å². The average molecular weight is 199 g/mol. The zero-order valence-electron chi connectivity index (χ0n) is 6.59. The van der Waals surface area contributed by atoms with E-state index in [1.54, 1.807) is 0 Å². The Morgan fingerprint density at radius 1 is 1.70 bits per heavy atom. The Balaban J connectivity index is 3.69. The lowest BCUT2D eigenvalue weighted by molar-refractivity contribution is 0.449. The molecule has 0 amide bonds. The van der Waals surface area contributed by atoms with Gasteiger partial charge in [0.25, 0.3) is 0 Å². The summed E-state index contributed by atoms with van der Waals surface area (Å²) in [7, 11) is 1.75. The van der Waals surface area contributed by atoms with Gasteiger partial charge in [0.2, 0.25) is 6.56 Å². The fraction of sp³-hybridized carbons (Fsp3) is 1.00. The Morgan fingerprint density at radius 2 is 2.30 bits per heavy atom. The van der Waals surface area contributed by atoms with E-state index in [2.05, 4.69) is 22.3 Å². The molecule has 0 saturated heterocycles. The molecule has 0 aliphatic carbocycles. The molecule has 0 aromatic rings. The first kappa shape index (κ1) is 11.2. The maximum absolute atomic E-state index is 5.54. The third-order valence-electron chi connectivity index (χ3n) is 1.07. The van der Waals surface area contributed by atoms with Crippen LogP contribution < -0.4 is 0 Å². The van der Waals surface area contributed by atoms with Crippen molar-refractivity contribution in [3.8, 4) is 0 Å². The van der Waals surface area contributed by atoms with Crippen molar-refractivity contribution in [2.75, 3.05) is 18.9 Å². The van der Waals surface area contributed by atoms with Crippen molar-refractivity contribution >= 4 is 35.0 Å². The van der Waals surface area contributed by atoms with Gasteiger partial charge >= 0.3 is 0 Å². The van der Waals surface area contributed by atoms with Crippen LogP contribution in [0.2, 0.25) is 6.82 Å². The summed E-state index contributed by atoms with van der Waals surface area (Å²) in [6.45, 7) is 6.13. The average Bonchev–Trinajstić information content (AvgIpc) is 1.89. The van der Waals surface area contributed by atoms with Crippen LogP contribution in [0.4, 0.5) is 0 Å². The highest BCUT2D eigenvalue weighted by Gasteiger charge is 2.15. The monoisotopic (exact) mass is 199 g/mol. The van der Waals surface area contributed by atoms with Gasteiger partial charge in [-0.25, -0.2) is 0 Å². The van der Waals surface area contributed by atoms with Crippen molar-refractivity contribution in [3.63, 3.8) is 0 Å². The highest BCUT2D eigenvalue weighted by molar-refractivity contribution is 8.49. The van der Waals surface area contributed by atoms with Gasteiger partial charge in [0, 0.05) is 18.3 Å². The summed E-state index contributed by atoms with van der Waals surface area (Å²) in [5.74, 6) is 0.676. The minimum Gasteiger partial charge on any atom is -0.356 e. The van der Waals surface area contributed by atoms with Crippen LogP contribution in [0.1, 0.15) is 0 Å². The quantitative estimate of drug-likeness (QED) is 0.498. The van der Waals surface area contributed by atoms with Gasteiger partial charge in [0.05, 0.1) is 5.94 Å². The highest BCUT2D eigenvalue weighted by atomic mass is 32.3. The first-order valence-electron chi connectivity index (χ1n) is 2.91. The number of hydrogen-bond acceptors (Lipinski definition) is 2. The van der Waals surface area contributed by atoms with Crippen molar-refractivity contribution < 1.29 is 8.49 Å². The smallest absolute Gasteiger partial charge is 0.202 e. The predicted molar refractivity (Wildman–Crippen MR) is 56.1 cm³/mol. The van der Waals surface area contributed by atoms with E-state index >= 15 is 0 Å². The third-order valence-corrected chi connectivity index (χ3v) is 5.27. The Bertz CT molecular complexity index is 89.3. The van der Waals surface area contributed by atoms with Gasteiger partial charge in [-0.15, -0.1) is 0 Å². The fourth-order valence-corrected chi connectivity index (χ4v) is 3.78. The molecule has 0 aromatic carbocycles. The van der Waals surface area contributed by atoms with Crippen LogP contribution in [0, 0.1) is 0 Å². The van der Waals surface area contributed by atoms with Crippen LogP contribution in [0.3, 0.4) is 0 Å². The molecule has 3 atom stereocenters. The van der Waals surface area contributed by atoms with Crippen LogP contribution in [-0.4, -0.2) is 25.4 Å². The first-order valence-corrected chi connectivity index (χ1v) is 6.98. The second-order valence-electron chi connectivity index (χ2n) is 1.88. The molecule has 0 fully saturated rings. The van der Waals surface area contributed by atoms with E-state index in [4.69, 9.17) is 8.49 Å². The van der Waals surface area contributed by atoms with Crippen LogP contribution in [-0.2, 0) is 8.49 Å². The number of hydrogen-bond donors (Lipinski definition) is 0. The second-order valence-corrected chi connectivity index (χ2v) is 6.14. The molecule has 0 rings (SSSR count). The van der Waals surface area contributed by atoms with Gasteiger partial charge in [0.1, 0.15) is 0 Å². The van der Waals surface area contributed by atoms with E-state index in [1.807, 2.05) is 13.5 Å². The van der Waals surface area contributed by atoms with E-state index in [0.29, 0.717) is 14.7 Å². The van der Waals surface area contributed by atoms with E-state index in [9.17, 15) is 0 Å². The SMILES string of the molecule is C[B]S(C)(COP)OPC. The van der Waals surface area contributed by atoms with E-state index in [-0.39, 0.29) is 0 Å². The van der Waals surface area contributed by atoms with Crippen molar-refractivity contribution in [1.29, 1.82) is 0 Å². The Morgan fingerprint density at radius 3 is 2.60 bits per heavy atom. The molecule has 1 radical (unpaired) electrons. The molecule has 10 heavy (non-hydrogen) atoms. The lowest BCUT2D eigenvalue weighted by Gasteiger charge is -2.32. The lowest BCUT2D eigenvalue weighted by Crippen LogP contribution is -2.08. The Labute approximate surface area is 69.6 Å². The third kappa shape index (κ3) is 4.15. The van der Waals surface area contributed by atoms with Crippen molar-refractivity contribution in [2.45, 2.75) is 6.82 Å². The zero-order valence-corrected chi connectivity index (χ0v) is 9.56. The molecule has 0 aliphatic rings. The van der Waals surface area contributed by atoms with Crippen LogP contribution in [0.5, 0.6) is 0 Å². The van der Waals surface area contributed by atoms with E-state index in [1.165, 1.54) is 0 Å². The van der Waals surface area contributed by atoms with Crippen molar-refractivity contribution in [2.24, 2.45) is 0 Å². The van der Waals surface area contributed by atoms with Gasteiger partial charge in [-0.05, 0) is 12.9 Å². The summed E-state index contributed by atoms with van der Waals surface area (Å²) in [5, 5.41) is 0. The van der Waals surface area contributed by atoms with Crippen molar-refractivity contribution in [1.82, 2.24) is 0 Å². The normalized spacial score (nSPS) is 20.8. The number of rotatable bonds is 5. The van der Waals surface area contributed by atoms with Gasteiger partial charge in [-0.1, -0.05) is 6.82 Å². The van der Waals surface area contributed by atoms with Crippen LogP contribution >= 0.6 is 28.4 Å². The van der Waals surface area contributed by atoms with E-state index in [0.717, 1.165) is 0 Å². The predicted octanol–water partition coefficient (Wildman–Crippen LogP) is 2.01. The second kappa shape index (κ2) is 5.80. The van der Waals surface area contributed by atoms with Gasteiger partial charge in [0.15, 0.2) is 0 Å². The highest BCUT2D eigenvalue weighted by Crippen LogP contribution is 2.48. The molecular weight excluding hydrogens is 185 g/mol. The molecule has 0 saturated carbocycles. The summed E-state index contributed by atoms with van der Waals surface area (Å²) in [4.78, 5) is 0. The van der Waals surface area contributed by atoms with Crippen LogP contribution in [0.15, 0.2) is 0 Å². The molecule has 3 unspecified atom stereocenters. The fourth-order valence-electron chi connectivity index (χ4n) is 0.466. The summed E-state index contributed by atoms with van der Waals surface area (Å²) in [5.41, 5.74) is 0. The molecule has 0 N–H and O–H groups in total. The standard InChI is InChI=1S/C4H14BO2P2S/c1-5-10(3,4-6-8)7-9-2/h9H,4,8H2,1-3H3. The maximum atomic E-state index is 5.54. The lowest BCUT2D eigenvalue weighted by atomic mass is 10.2. The molecule has 0 spiro atoms. The summed E-state index contributed by atoms with van der Waals surface area (Å²) < 4.78 is 10.5. The summed E-state index contributed by atoms with van der Waals surface area (Å²) in [6, 6.07) is 0. The summed E-state index contributed by atoms with van der Waals surface area (Å²) in [6.07, 6.45) is 2.09. The molecule has 61 valence electrons. The summed E-state index contributed by atoms with van der Waals surface area (Å²) >= 11 is 0.